The highest BCUT2D eigenvalue weighted by atomic mass is 15.1. The Morgan fingerprint density at radius 2 is 1.26 bits per heavy atom. The highest BCUT2D eigenvalue weighted by Crippen LogP contribution is 2.16. The number of hydrogen-bond donors (Lipinski definition) is 1. The fourth-order valence-corrected chi connectivity index (χ4v) is 3.07. The van der Waals surface area contributed by atoms with Gasteiger partial charge in [-0.2, -0.15) is 0 Å². The first kappa shape index (κ1) is 17.0. The normalized spacial score (nSPS) is 21.0. The Balaban J connectivity index is 2.15. The molecule has 1 aliphatic rings. The van der Waals surface area contributed by atoms with Gasteiger partial charge in [-0.15, -0.1) is 0 Å². The fourth-order valence-electron chi connectivity index (χ4n) is 3.07. The summed E-state index contributed by atoms with van der Waals surface area (Å²) in [6, 6.07) is 0.793. The third-order valence-corrected chi connectivity index (χ3v) is 4.32. The van der Waals surface area contributed by atoms with E-state index in [2.05, 4.69) is 24.3 Å². The van der Waals surface area contributed by atoms with Crippen LogP contribution in [0.5, 0.6) is 0 Å². The molecular formula is C17H36N2. The van der Waals surface area contributed by atoms with Gasteiger partial charge in [-0.1, -0.05) is 57.8 Å². The summed E-state index contributed by atoms with van der Waals surface area (Å²) in [4.78, 5) is 2.28. The van der Waals surface area contributed by atoms with Crippen molar-refractivity contribution in [1.82, 2.24) is 10.2 Å². The van der Waals surface area contributed by atoms with Gasteiger partial charge in [-0.05, 0) is 46.4 Å². The van der Waals surface area contributed by atoms with Crippen molar-refractivity contribution in [1.29, 1.82) is 0 Å². The maximum atomic E-state index is 3.80. The molecule has 0 aliphatic heterocycles. The molecule has 0 unspecified atom stereocenters. The zero-order valence-electron chi connectivity index (χ0n) is 13.4. The van der Waals surface area contributed by atoms with Gasteiger partial charge in [0.25, 0.3) is 0 Å². The molecule has 1 rings (SSSR count). The summed E-state index contributed by atoms with van der Waals surface area (Å²) in [7, 11) is 4.33. The van der Waals surface area contributed by atoms with Crippen LogP contribution in [0.3, 0.4) is 0 Å². The van der Waals surface area contributed by atoms with Crippen LogP contribution in [0.25, 0.3) is 0 Å². The van der Waals surface area contributed by atoms with E-state index in [0.29, 0.717) is 0 Å². The van der Waals surface area contributed by atoms with Gasteiger partial charge in [0.05, 0.1) is 0 Å². The number of nitrogens with one attached hydrogen (secondary N) is 1. The summed E-state index contributed by atoms with van der Waals surface area (Å²) in [5, 5.41) is 3.80. The van der Waals surface area contributed by atoms with Crippen molar-refractivity contribution in [3.63, 3.8) is 0 Å². The average molecular weight is 268 g/mol. The molecule has 0 heterocycles. The Bertz CT molecular complexity index is 180. The minimum absolute atomic E-state index is 0.793. The van der Waals surface area contributed by atoms with Crippen molar-refractivity contribution in [3.8, 4) is 0 Å². The lowest BCUT2D eigenvalue weighted by molar-refractivity contribution is 0.366. The molecular weight excluding hydrogens is 232 g/mol. The molecule has 0 saturated heterocycles. The van der Waals surface area contributed by atoms with Gasteiger partial charge in [0.2, 0.25) is 0 Å². The molecule has 1 aliphatic carbocycles. The third kappa shape index (κ3) is 10.4. The Hall–Kier alpha value is -0.0800. The molecule has 0 amide bonds. The van der Waals surface area contributed by atoms with Gasteiger partial charge in [0.15, 0.2) is 0 Å². The van der Waals surface area contributed by atoms with E-state index >= 15 is 0 Å². The van der Waals surface area contributed by atoms with E-state index in [-0.39, 0.29) is 0 Å². The predicted molar refractivity (Wildman–Crippen MR) is 85.7 cm³/mol. The minimum Gasteiger partial charge on any atom is -0.314 e. The van der Waals surface area contributed by atoms with Crippen LogP contribution in [0, 0.1) is 0 Å². The molecule has 0 aromatic rings. The molecule has 0 bridgehead atoms. The molecule has 0 aromatic heterocycles. The number of rotatable bonds is 5. The first-order chi connectivity index (χ1) is 9.29. The smallest absolute Gasteiger partial charge is 0.00670 e. The summed E-state index contributed by atoms with van der Waals surface area (Å²) in [6.07, 6.45) is 17.2. The Morgan fingerprint density at radius 1 is 0.789 bits per heavy atom. The molecule has 19 heavy (non-hydrogen) atoms. The van der Waals surface area contributed by atoms with Crippen LogP contribution in [0.15, 0.2) is 0 Å². The number of hydrogen-bond acceptors (Lipinski definition) is 2. The standard InChI is InChI=1S/C17H36N2/c1-19(2)16-12-15-18-17-13-10-8-6-4-3-5-7-9-11-14-17/h17-18H,3-16H2,1-2H3. The molecule has 1 fully saturated rings. The largest absolute Gasteiger partial charge is 0.314 e. The van der Waals surface area contributed by atoms with Crippen LogP contribution in [-0.4, -0.2) is 38.1 Å². The van der Waals surface area contributed by atoms with E-state index < -0.39 is 0 Å². The quantitative estimate of drug-likeness (QED) is 0.752. The van der Waals surface area contributed by atoms with Crippen LogP contribution in [0.1, 0.15) is 77.0 Å². The zero-order valence-corrected chi connectivity index (χ0v) is 13.4. The van der Waals surface area contributed by atoms with E-state index in [4.69, 9.17) is 0 Å². The maximum absolute atomic E-state index is 3.80. The van der Waals surface area contributed by atoms with Crippen molar-refractivity contribution in [2.75, 3.05) is 27.2 Å². The lowest BCUT2D eigenvalue weighted by atomic mass is 9.98. The molecule has 2 nitrogen and oxygen atoms in total. The topological polar surface area (TPSA) is 15.3 Å². The van der Waals surface area contributed by atoms with E-state index in [1.165, 1.54) is 90.1 Å². The highest BCUT2D eigenvalue weighted by molar-refractivity contribution is 4.68. The first-order valence-electron chi connectivity index (χ1n) is 8.67. The minimum atomic E-state index is 0.793. The van der Waals surface area contributed by atoms with Crippen molar-refractivity contribution < 1.29 is 0 Å². The Labute approximate surface area is 121 Å². The van der Waals surface area contributed by atoms with E-state index in [1.807, 2.05) is 0 Å². The summed E-state index contributed by atoms with van der Waals surface area (Å²) in [5.74, 6) is 0. The lowest BCUT2D eigenvalue weighted by Crippen LogP contribution is -2.31. The van der Waals surface area contributed by atoms with Crippen molar-refractivity contribution in [2.45, 2.75) is 83.1 Å². The summed E-state index contributed by atoms with van der Waals surface area (Å²) < 4.78 is 0. The molecule has 2 heteroatoms. The van der Waals surface area contributed by atoms with Crippen molar-refractivity contribution >= 4 is 0 Å². The average Bonchev–Trinajstić information content (AvgIpc) is 2.36. The van der Waals surface area contributed by atoms with Crippen LogP contribution in [0.2, 0.25) is 0 Å². The molecule has 0 radical (unpaired) electrons. The van der Waals surface area contributed by atoms with Gasteiger partial charge in [-0.25, -0.2) is 0 Å². The molecule has 0 atom stereocenters. The molecule has 1 saturated carbocycles. The van der Waals surface area contributed by atoms with Gasteiger partial charge in [0, 0.05) is 6.04 Å². The zero-order chi connectivity index (χ0) is 13.8. The van der Waals surface area contributed by atoms with Crippen LogP contribution < -0.4 is 5.32 Å². The maximum Gasteiger partial charge on any atom is 0.00670 e. The van der Waals surface area contributed by atoms with Crippen molar-refractivity contribution in [2.24, 2.45) is 0 Å². The van der Waals surface area contributed by atoms with Crippen molar-refractivity contribution in [3.05, 3.63) is 0 Å². The van der Waals surface area contributed by atoms with Gasteiger partial charge in [-0.3, -0.25) is 0 Å². The second-order valence-electron chi connectivity index (χ2n) is 6.57. The summed E-state index contributed by atoms with van der Waals surface area (Å²) in [5.41, 5.74) is 0. The van der Waals surface area contributed by atoms with Crippen LogP contribution >= 0.6 is 0 Å². The lowest BCUT2D eigenvalue weighted by Gasteiger charge is -2.20. The van der Waals surface area contributed by atoms with E-state index in [9.17, 15) is 0 Å². The molecule has 114 valence electrons. The van der Waals surface area contributed by atoms with Crippen LogP contribution in [0.4, 0.5) is 0 Å². The summed E-state index contributed by atoms with van der Waals surface area (Å²) >= 11 is 0. The fraction of sp³-hybridized carbons (Fsp3) is 1.00. The first-order valence-corrected chi connectivity index (χ1v) is 8.67. The third-order valence-electron chi connectivity index (χ3n) is 4.32. The highest BCUT2D eigenvalue weighted by Gasteiger charge is 2.08. The second-order valence-corrected chi connectivity index (χ2v) is 6.57. The predicted octanol–water partition coefficient (Wildman–Crippen LogP) is 4.20. The summed E-state index contributed by atoms with van der Waals surface area (Å²) in [6.45, 7) is 2.41. The molecule has 0 spiro atoms. The van der Waals surface area contributed by atoms with Gasteiger partial charge < -0.3 is 10.2 Å². The molecule has 0 aromatic carbocycles. The van der Waals surface area contributed by atoms with E-state index in [1.54, 1.807) is 0 Å². The van der Waals surface area contributed by atoms with Gasteiger partial charge in [0.1, 0.15) is 0 Å². The van der Waals surface area contributed by atoms with E-state index in [0.717, 1.165) is 6.04 Å². The molecule has 1 N–H and O–H groups in total. The number of nitrogens with zero attached hydrogens (tertiary/aromatic N) is 1. The van der Waals surface area contributed by atoms with Crippen LogP contribution in [-0.2, 0) is 0 Å². The second kappa shape index (κ2) is 11.7. The Morgan fingerprint density at radius 3 is 1.74 bits per heavy atom. The SMILES string of the molecule is CN(C)CCCNC1CCCCCCCCCCC1. The van der Waals surface area contributed by atoms with Gasteiger partial charge >= 0.3 is 0 Å². The Kier molecular flexibility index (Phi) is 10.5. The monoisotopic (exact) mass is 268 g/mol.